The lowest BCUT2D eigenvalue weighted by Gasteiger charge is -2.26. The Hall–Kier alpha value is -2.56. The molecule has 0 N–H and O–H groups in total. The number of esters is 1. The average Bonchev–Trinajstić information content (AvgIpc) is 2.68. The number of benzene rings is 1. The van der Waals surface area contributed by atoms with Crippen molar-refractivity contribution in [2.45, 2.75) is 6.92 Å². The Morgan fingerprint density at radius 2 is 2.08 bits per heavy atom. The Bertz CT molecular complexity index is 675. The first-order chi connectivity index (χ1) is 12.7. The summed E-state index contributed by atoms with van der Waals surface area (Å²) in [6, 6.07) is 7.13. The van der Waals surface area contributed by atoms with E-state index in [1.807, 2.05) is 13.0 Å². The molecule has 1 aliphatic rings. The van der Waals surface area contributed by atoms with Crippen molar-refractivity contribution in [1.82, 2.24) is 4.90 Å². The van der Waals surface area contributed by atoms with E-state index in [-0.39, 0.29) is 5.57 Å². The maximum absolute atomic E-state index is 11.5. The molecule has 0 spiro atoms. The van der Waals surface area contributed by atoms with Crippen molar-refractivity contribution in [2.24, 2.45) is 0 Å². The zero-order valence-electron chi connectivity index (χ0n) is 15.2. The summed E-state index contributed by atoms with van der Waals surface area (Å²) in [6.45, 7) is 7.06. The minimum atomic E-state index is -0.670. The van der Waals surface area contributed by atoms with Gasteiger partial charge in [-0.1, -0.05) is 6.07 Å². The first-order valence-corrected chi connectivity index (χ1v) is 8.57. The van der Waals surface area contributed by atoms with E-state index >= 15 is 0 Å². The second-order valence-corrected chi connectivity index (χ2v) is 5.60. The van der Waals surface area contributed by atoms with Gasteiger partial charge in [0.05, 0.1) is 26.9 Å². The third-order valence-electron chi connectivity index (χ3n) is 3.87. The van der Waals surface area contributed by atoms with Crippen LogP contribution >= 0.6 is 0 Å². The largest absolute Gasteiger partial charge is 0.490 e. The lowest BCUT2D eigenvalue weighted by Crippen LogP contribution is -2.38. The molecule has 1 aromatic carbocycles. The second-order valence-electron chi connectivity index (χ2n) is 5.60. The van der Waals surface area contributed by atoms with Crippen LogP contribution in [-0.2, 0) is 14.3 Å². The molecule has 1 fully saturated rings. The third-order valence-corrected chi connectivity index (χ3v) is 3.87. The quantitative estimate of drug-likeness (QED) is 0.398. The molecule has 0 saturated carbocycles. The van der Waals surface area contributed by atoms with Crippen molar-refractivity contribution in [1.29, 1.82) is 5.26 Å². The summed E-state index contributed by atoms with van der Waals surface area (Å²) < 4.78 is 21.4. The number of rotatable bonds is 8. The van der Waals surface area contributed by atoms with Gasteiger partial charge in [-0.05, 0) is 30.7 Å². The number of morpholine rings is 1. The lowest BCUT2D eigenvalue weighted by molar-refractivity contribution is -0.135. The van der Waals surface area contributed by atoms with Gasteiger partial charge in [0.2, 0.25) is 0 Å². The second kappa shape index (κ2) is 10.4. The Labute approximate surface area is 153 Å². The Balaban J connectivity index is 2.06. The van der Waals surface area contributed by atoms with Gasteiger partial charge in [0.1, 0.15) is 18.2 Å². The number of carbonyl (C=O) groups excluding carboxylic acids is 1. The molecule has 140 valence electrons. The van der Waals surface area contributed by atoms with E-state index in [1.165, 1.54) is 13.2 Å². The lowest BCUT2D eigenvalue weighted by atomic mass is 10.1. The summed E-state index contributed by atoms with van der Waals surface area (Å²) >= 11 is 0. The fourth-order valence-corrected chi connectivity index (χ4v) is 2.52. The van der Waals surface area contributed by atoms with Gasteiger partial charge in [0.25, 0.3) is 0 Å². The molecule has 0 aliphatic carbocycles. The number of ether oxygens (including phenoxy) is 4. The van der Waals surface area contributed by atoms with Crippen molar-refractivity contribution < 1.29 is 23.7 Å². The van der Waals surface area contributed by atoms with Gasteiger partial charge in [0.15, 0.2) is 11.5 Å². The third kappa shape index (κ3) is 5.76. The molecule has 1 aromatic rings. The van der Waals surface area contributed by atoms with Crippen molar-refractivity contribution in [2.75, 3.05) is 53.2 Å². The van der Waals surface area contributed by atoms with Gasteiger partial charge in [0, 0.05) is 19.6 Å². The van der Waals surface area contributed by atoms with Gasteiger partial charge in [-0.2, -0.15) is 5.26 Å². The van der Waals surface area contributed by atoms with Crippen LogP contribution in [-0.4, -0.2) is 64.0 Å². The van der Waals surface area contributed by atoms with Crippen molar-refractivity contribution in [3.8, 4) is 17.6 Å². The molecule has 26 heavy (non-hydrogen) atoms. The summed E-state index contributed by atoms with van der Waals surface area (Å²) in [6.07, 6.45) is 1.46. The van der Waals surface area contributed by atoms with E-state index < -0.39 is 5.97 Å². The molecule has 0 unspecified atom stereocenters. The van der Waals surface area contributed by atoms with Crippen LogP contribution in [0, 0.1) is 11.3 Å². The van der Waals surface area contributed by atoms with Crippen LogP contribution in [0.3, 0.4) is 0 Å². The normalized spacial score (nSPS) is 15.2. The van der Waals surface area contributed by atoms with Crippen LogP contribution < -0.4 is 9.47 Å². The van der Waals surface area contributed by atoms with E-state index in [0.717, 1.165) is 32.8 Å². The topological polar surface area (TPSA) is 81.0 Å². The SMILES string of the molecule is CCOc1cc(/C=C(\C#N)C(=O)OC)ccc1OCCN1CCOCC1. The summed E-state index contributed by atoms with van der Waals surface area (Å²) in [5.74, 6) is 0.538. The van der Waals surface area contributed by atoms with Crippen LogP contribution in [0.2, 0.25) is 0 Å². The van der Waals surface area contributed by atoms with Gasteiger partial charge in [-0.25, -0.2) is 4.79 Å². The molecular formula is C19H24N2O5. The Morgan fingerprint density at radius 1 is 1.31 bits per heavy atom. The van der Waals surface area contributed by atoms with Crippen molar-refractivity contribution in [3.63, 3.8) is 0 Å². The smallest absolute Gasteiger partial charge is 0.348 e. The van der Waals surface area contributed by atoms with E-state index in [0.29, 0.717) is 30.3 Å². The summed E-state index contributed by atoms with van der Waals surface area (Å²) in [5, 5.41) is 9.07. The molecule has 0 radical (unpaired) electrons. The molecule has 7 nitrogen and oxygen atoms in total. The molecule has 1 heterocycles. The first kappa shape index (κ1) is 19.8. The van der Waals surface area contributed by atoms with E-state index in [4.69, 9.17) is 19.5 Å². The van der Waals surface area contributed by atoms with Gasteiger partial charge >= 0.3 is 5.97 Å². The summed E-state index contributed by atoms with van der Waals surface area (Å²) in [7, 11) is 1.24. The molecule has 1 saturated heterocycles. The highest BCUT2D eigenvalue weighted by atomic mass is 16.5. The minimum absolute atomic E-state index is 0.0732. The molecular weight excluding hydrogens is 336 g/mol. The monoisotopic (exact) mass is 360 g/mol. The highest BCUT2D eigenvalue weighted by Gasteiger charge is 2.13. The Kier molecular flexibility index (Phi) is 7.93. The molecule has 0 amide bonds. The minimum Gasteiger partial charge on any atom is -0.490 e. The fourth-order valence-electron chi connectivity index (χ4n) is 2.52. The van der Waals surface area contributed by atoms with Crippen LogP contribution in [0.4, 0.5) is 0 Å². The summed E-state index contributed by atoms with van der Waals surface area (Å²) in [5.41, 5.74) is 0.590. The van der Waals surface area contributed by atoms with Crippen molar-refractivity contribution >= 4 is 12.0 Å². The number of hydrogen-bond acceptors (Lipinski definition) is 7. The molecule has 0 atom stereocenters. The van der Waals surface area contributed by atoms with Crippen LogP contribution in [0.25, 0.3) is 6.08 Å². The van der Waals surface area contributed by atoms with E-state index in [9.17, 15) is 4.79 Å². The molecule has 7 heteroatoms. The maximum Gasteiger partial charge on any atom is 0.348 e. The molecule has 2 rings (SSSR count). The predicted molar refractivity (Wildman–Crippen MR) is 96.0 cm³/mol. The number of carbonyl (C=O) groups is 1. The van der Waals surface area contributed by atoms with Crippen LogP contribution in [0.1, 0.15) is 12.5 Å². The van der Waals surface area contributed by atoms with E-state index in [2.05, 4.69) is 9.64 Å². The highest BCUT2D eigenvalue weighted by molar-refractivity contribution is 5.97. The van der Waals surface area contributed by atoms with Gasteiger partial charge < -0.3 is 18.9 Å². The highest BCUT2D eigenvalue weighted by Crippen LogP contribution is 2.29. The maximum atomic E-state index is 11.5. The molecule has 0 bridgehead atoms. The Morgan fingerprint density at radius 3 is 2.73 bits per heavy atom. The zero-order chi connectivity index (χ0) is 18.8. The van der Waals surface area contributed by atoms with Gasteiger partial charge in [-0.3, -0.25) is 4.90 Å². The number of nitriles is 1. The number of hydrogen-bond donors (Lipinski definition) is 0. The predicted octanol–water partition coefficient (Wildman–Crippen LogP) is 1.88. The molecule has 0 aromatic heterocycles. The standard InChI is InChI=1S/C19H24N2O5/c1-3-25-18-13-15(12-16(14-20)19(22)23-2)4-5-17(18)26-11-8-21-6-9-24-10-7-21/h4-5,12-13H,3,6-11H2,1-2H3/b16-12+. The van der Waals surface area contributed by atoms with E-state index in [1.54, 1.807) is 18.2 Å². The molecule has 1 aliphatic heterocycles. The van der Waals surface area contributed by atoms with Crippen molar-refractivity contribution in [3.05, 3.63) is 29.3 Å². The zero-order valence-corrected chi connectivity index (χ0v) is 15.2. The fraction of sp³-hybridized carbons (Fsp3) is 0.474. The number of methoxy groups -OCH3 is 1. The van der Waals surface area contributed by atoms with Crippen LogP contribution in [0.15, 0.2) is 23.8 Å². The van der Waals surface area contributed by atoms with Gasteiger partial charge in [-0.15, -0.1) is 0 Å². The number of nitrogens with zero attached hydrogens (tertiary/aromatic N) is 2. The average molecular weight is 360 g/mol. The summed E-state index contributed by atoms with van der Waals surface area (Å²) in [4.78, 5) is 13.8. The first-order valence-electron chi connectivity index (χ1n) is 8.57. The van der Waals surface area contributed by atoms with Crippen LogP contribution in [0.5, 0.6) is 11.5 Å².